The second-order valence-corrected chi connectivity index (χ2v) is 24.2. The lowest BCUT2D eigenvalue weighted by Crippen LogP contribution is -2.37. The van der Waals surface area contributed by atoms with Crippen molar-refractivity contribution in [2.24, 2.45) is 0 Å². The first kappa shape index (κ1) is 75.2. The molecule has 0 fully saturated rings. The second-order valence-electron chi connectivity index (χ2n) is 22.8. The standard InChI is InChI=1S/C68H122NO8P/c1-6-8-10-12-14-16-18-20-21-22-23-24-25-26-27-28-29-30-31-32-33-34-35-36-37-38-39-40-41-42-43-44-45-46-47-49-50-52-54-56-58-60-67(70)74-64-66(65-76-78(72,73)75-63-62-69(3,4)5)77-68(71)61-59-57-55-53-51-48-19-17-15-13-11-9-7-2/h9,11,15,17-18,20,22-23,25-26,48,51,55,57,66H,6-8,10,12-14,16,19,21,24,27-47,49-50,52-54,56,58-65H2,1-5H3/p+1/b11-9-,17-15-,20-18-,23-22-,26-25-,51-48-,57-55-. The summed E-state index contributed by atoms with van der Waals surface area (Å²) in [6.07, 6.45) is 80.2. The molecule has 0 aromatic rings. The molecule has 0 radical (unpaired) electrons. The van der Waals surface area contributed by atoms with Crippen LogP contribution in [0.1, 0.15) is 284 Å². The Morgan fingerprint density at radius 1 is 0.410 bits per heavy atom. The van der Waals surface area contributed by atoms with E-state index in [0.29, 0.717) is 17.4 Å². The van der Waals surface area contributed by atoms with Crippen LogP contribution < -0.4 is 0 Å². The normalized spacial score (nSPS) is 13.8. The zero-order valence-electron chi connectivity index (χ0n) is 51.4. The topological polar surface area (TPSA) is 108 Å². The third-order valence-electron chi connectivity index (χ3n) is 13.9. The van der Waals surface area contributed by atoms with Crippen molar-refractivity contribution in [1.82, 2.24) is 0 Å². The summed E-state index contributed by atoms with van der Waals surface area (Å²) in [6, 6.07) is 0. The number of esters is 2. The molecule has 0 aliphatic carbocycles. The maximum atomic E-state index is 12.7. The summed E-state index contributed by atoms with van der Waals surface area (Å²) >= 11 is 0. The number of nitrogens with zero attached hydrogens (tertiary/aromatic N) is 1. The molecule has 0 heterocycles. The maximum absolute atomic E-state index is 12.7. The first-order valence-corrected chi connectivity index (χ1v) is 33.8. The van der Waals surface area contributed by atoms with Crippen LogP contribution in [-0.2, 0) is 32.7 Å². The highest BCUT2D eigenvalue weighted by atomic mass is 31.2. The van der Waals surface area contributed by atoms with Gasteiger partial charge in [-0.3, -0.25) is 18.6 Å². The number of phosphoric acid groups is 1. The number of phosphoric ester groups is 1. The van der Waals surface area contributed by atoms with E-state index in [9.17, 15) is 19.0 Å². The number of quaternary nitrogens is 1. The summed E-state index contributed by atoms with van der Waals surface area (Å²) in [5, 5.41) is 0. The number of carbonyl (C=O) groups excluding carboxylic acids is 2. The quantitative estimate of drug-likeness (QED) is 0.0211. The van der Waals surface area contributed by atoms with Crippen LogP contribution in [0, 0.1) is 0 Å². The number of likely N-dealkylation sites (N-methyl/N-ethyl adjacent to an activating group) is 1. The molecule has 78 heavy (non-hydrogen) atoms. The van der Waals surface area contributed by atoms with Gasteiger partial charge in [0.05, 0.1) is 27.7 Å². The van der Waals surface area contributed by atoms with Gasteiger partial charge in [-0.2, -0.15) is 0 Å². The first-order chi connectivity index (χ1) is 38.0. The van der Waals surface area contributed by atoms with Gasteiger partial charge in [0.1, 0.15) is 19.8 Å². The van der Waals surface area contributed by atoms with Crippen LogP contribution in [0.25, 0.3) is 0 Å². The SMILES string of the molecule is CC/C=C\C/C=C\C/C=C\C/C=C\CCC(=O)OC(COC(=O)CCCCCCCCCCCCCCCCCCCCCCCCCCCC/C=C\C/C=C\C/C=C\CCCCCCC)COP(=O)(O)OCC[N+](C)(C)C. The minimum absolute atomic E-state index is 0.0175. The lowest BCUT2D eigenvalue weighted by Gasteiger charge is -2.24. The van der Waals surface area contributed by atoms with E-state index in [-0.39, 0.29) is 32.0 Å². The summed E-state index contributed by atoms with van der Waals surface area (Å²) < 4.78 is 34.4. The van der Waals surface area contributed by atoms with Crippen molar-refractivity contribution in [2.75, 3.05) is 47.5 Å². The Kier molecular flexibility index (Phi) is 56.7. The molecule has 0 rings (SSSR count). The molecule has 0 aromatic carbocycles. The van der Waals surface area contributed by atoms with Gasteiger partial charge in [0, 0.05) is 12.8 Å². The van der Waals surface area contributed by atoms with Crippen LogP contribution in [0.3, 0.4) is 0 Å². The summed E-state index contributed by atoms with van der Waals surface area (Å²) in [6.45, 7) is 4.23. The van der Waals surface area contributed by atoms with E-state index in [1.54, 1.807) is 0 Å². The monoisotopic (exact) mass is 1110 g/mol. The molecule has 0 saturated heterocycles. The van der Waals surface area contributed by atoms with Gasteiger partial charge in [-0.25, -0.2) is 4.57 Å². The van der Waals surface area contributed by atoms with Crippen LogP contribution in [0.5, 0.6) is 0 Å². The highest BCUT2D eigenvalue weighted by Crippen LogP contribution is 2.43. The van der Waals surface area contributed by atoms with Gasteiger partial charge in [0.2, 0.25) is 0 Å². The molecule has 0 bridgehead atoms. The van der Waals surface area contributed by atoms with Gasteiger partial charge in [0.15, 0.2) is 6.10 Å². The van der Waals surface area contributed by atoms with E-state index in [1.165, 1.54) is 193 Å². The number of allylic oxidation sites excluding steroid dienone is 14. The van der Waals surface area contributed by atoms with E-state index >= 15 is 0 Å². The van der Waals surface area contributed by atoms with Crippen molar-refractivity contribution in [3.8, 4) is 0 Å². The van der Waals surface area contributed by atoms with Gasteiger partial charge in [-0.05, 0) is 77.0 Å². The average Bonchev–Trinajstić information content (AvgIpc) is 3.40. The first-order valence-electron chi connectivity index (χ1n) is 32.3. The van der Waals surface area contributed by atoms with Crippen molar-refractivity contribution in [3.05, 3.63) is 85.1 Å². The van der Waals surface area contributed by atoms with Gasteiger partial charge in [0.25, 0.3) is 0 Å². The predicted molar refractivity (Wildman–Crippen MR) is 335 cm³/mol. The Hall–Kier alpha value is -2.81. The minimum Gasteiger partial charge on any atom is -0.462 e. The van der Waals surface area contributed by atoms with Gasteiger partial charge in [-0.15, -0.1) is 0 Å². The fraction of sp³-hybridized carbons (Fsp3) is 0.765. The molecule has 2 atom stereocenters. The number of unbranched alkanes of at least 4 members (excludes halogenated alkanes) is 31. The molecule has 2 unspecified atom stereocenters. The van der Waals surface area contributed by atoms with Gasteiger partial charge >= 0.3 is 19.8 Å². The smallest absolute Gasteiger partial charge is 0.462 e. The zero-order chi connectivity index (χ0) is 57.0. The van der Waals surface area contributed by atoms with Gasteiger partial charge in [-0.1, -0.05) is 279 Å². The van der Waals surface area contributed by atoms with Crippen LogP contribution >= 0.6 is 7.82 Å². The number of carbonyl (C=O) groups is 2. The van der Waals surface area contributed by atoms with E-state index < -0.39 is 26.5 Å². The Labute approximate surface area is 481 Å². The Morgan fingerprint density at radius 3 is 1.14 bits per heavy atom. The van der Waals surface area contributed by atoms with Crippen molar-refractivity contribution < 1.29 is 42.1 Å². The molecule has 9 nitrogen and oxygen atoms in total. The van der Waals surface area contributed by atoms with E-state index in [4.69, 9.17) is 18.5 Å². The second kappa shape index (κ2) is 58.8. The number of hydrogen-bond donors (Lipinski definition) is 1. The van der Waals surface area contributed by atoms with Crippen molar-refractivity contribution in [1.29, 1.82) is 0 Å². The van der Waals surface area contributed by atoms with E-state index in [0.717, 1.165) is 57.8 Å². The summed E-state index contributed by atoms with van der Waals surface area (Å²) in [4.78, 5) is 35.6. The molecule has 10 heteroatoms. The van der Waals surface area contributed by atoms with Crippen LogP contribution in [0.4, 0.5) is 0 Å². The molecule has 0 saturated carbocycles. The molecular weight excluding hydrogens is 990 g/mol. The maximum Gasteiger partial charge on any atom is 0.472 e. The van der Waals surface area contributed by atoms with Crippen molar-refractivity contribution in [2.45, 2.75) is 290 Å². The van der Waals surface area contributed by atoms with E-state index in [2.05, 4.69) is 86.8 Å². The van der Waals surface area contributed by atoms with Crippen molar-refractivity contribution in [3.63, 3.8) is 0 Å². The fourth-order valence-corrected chi connectivity index (χ4v) is 9.72. The lowest BCUT2D eigenvalue weighted by molar-refractivity contribution is -0.870. The predicted octanol–water partition coefficient (Wildman–Crippen LogP) is 20.6. The molecule has 452 valence electrons. The van der Waals surface area contributed by atoms with Crippen LogP contribution in [-0.4, -0.2) is 74.9 Å². The third-order valence-corrected chi connectivity index (χ3v) is 14.9. The highest BCUT2D eigenvalue weighted by Gasteiger charge is 2.27. The Balaban J connectivity index is 3.86. The summed E-state index contributed by atoms with van der Waals surface area (Å²) in [5.41, 5.74) is 0. The van der Waals surface area contributed by atoms with Crippen LogP contribution in [0.2, 0.25) is 0 Å². The Morgan fingerprint density at radius 2 is 0.756 bits per heavy atom. The summed E-state index contributed by atoms with van der Waals surface area (Å²) in [5.74, 6) is -0.887. The molecule has 0 spiro atoms. The van der Waals surface area contributed by atoms with E-state index in [1.807, 2.05) is 33.3 Å². The minimum atomic E-state index is -4.40. The fourth-order valence-electron chi connectivity index (χ4n) is 8.98. The Bertz CT molecular complexity index is 1590. The number of rotatable bonds is 59. The van der Waals surface area contributed by atoms with Crippen molar-refractivity contribution >= 4 is 19.8 Å². The highest BCUT2D eigenvalue weighted by molar-refractivity contribution is 7.47. The van der Waals surface area contributed by atoms with Gasteiger partial charge < -0.3 is 18.9 Å². The number of hydrogen-bond acceptors (Lipinski definition) is 7. The largest absolute Gasteiger partial charge is 0.472 e. The molecular formula is C68H123NO8P+. The molecule has 1 N–H and O–H groups in total. The molecule has 0 aliphatic heterocycles. The molecule has 0 aliphatic rings. The third kappa shape index (κ3) is 62.4. The zero-order valence-corrected chi connectivity index (χ0v) is 52.3. The number of ether oxygens (including phenoxy) is 2. The average molecular weight is 1110 g/mol. The molecule has 0 amide bonds. The lowest BCUT2D eigenvalue weighted by atomic mass is 10.0. The molecule has 0 aromatic heterocycles. The van der Waals surface area contributed by atoms with Crippen LogP contribution in [0.15, 0.2) is 85.1 Å². The summed E-state index contributed by atoms with van der Waals surface area (Å²) in [7, 11) is 1.43.